The molecule has 7 heteroatoms. The van der Waals surface area contributed by atoms with Crippen molar-refractivity contribution in [1.82, 2.24) is 9.97 Å². The van der Waals surface area contributed by atoms with Gasteiger partial charge < -0.3 is 0 Å². The minimum Gasteiger partial charge on any atom is -0.255 e. The van der Waals surface area contributed by atoms with Gasteiger partial charge in [-0.25, -0.2) is 22.0 Å². The molecule has 0 atom stereocenters. The Bertz CT molecular complexity index is 835. The van der Waals surface area contributed by atoms with Crippen molar-refractivity contribution < 1.29 is 22.0 Å². The van der Waals surface area contributed by atoms with E-state index in [0.29, 0.717) is 11.4 Å². The van der Waals surface area contributed by atoms with Crippen LogP contribution in [0, 0.1) is 29.1 Å². The standard InChI is InChI=1S/C16H7F5N2/c17-12-11(13(18)15(20)16(21)14(12)19)8-4-5-10(23-7-8)9-3-1-2-6-22-9/h1-7H. The molecule has 2 heterocycles. The number of benzene rings is 1. The molecule has 0 bridgehead atoms. The van der Waals surface area contributed by atoms with Crippen LogP contribution in [0.5, 0.6) is 0 Å². The van der Waals surface area contributed by atoms with Crippen LogP contribution in [0.4, 0.5) is 22.0 Å². The molecule has 0 saturated heterocycles. The molecule has 0 N–H and O–H groups in total. The highest BCUT2D eigenvalue weighted by atomic mass is 19.2. The molecular weight excluding hydrogens is 315 g/mol. The van der Waals surface area contributed by atoms with Gasteiger partial charge in [-0.2, -0.15) is 0 Å². The number of halogens is 5. The van der Waals surface area contributed by atoms with Gasteiger partial charge in [0.05, 0.1) is 17.0 Å². The van der Waals surface area contributed by atoms with Gasteiger partial charge >= 0.3 is 0 Å². The van der Waals surface area contributed by atoms with E-state index in [2.05, 4.69) is 9.97 Å². The molecule has 2 nitrogen and oxygen atoms in total. The Labute approximate surface area is 127 Å². The van der Waals surface area contributed by atoms with Crippen LogP contribution >= 0.6 is 0 Å². The predicted octanol–water partition coefficient (Wildman–Crippen LogP) is 4.51. The van der Waals surface area contributed by atoms with E-state index in [-0.39, 0.29) is 5.56 Å². The summed E-state index contributed by atoms with van der Waals surface area (Å²) in [5.41, 5.74) is -0.325. The number of rotatable bonds is 2. The Hall–Kier alpha value is -2.83. The molecule has 23 heavy (non-hydrogen) atoms. The number of aromatic nitrogens is 2. The van der Waals surface area contributed by atoms with Crippen molar-refractivity contribution in [2.45, 2.75) is 0 Å². The lowest BCUT2D eigenvalue weighted by Gasteiger charge is -2.08. The molecule has 0 unspecified atom stereocenters. The lowest BCUT2D eigenvalue weighted by molar-refractivity contribution is 0.381. The second-order valence-corrected chi connectivity index (χ2v) is 4.59. The van der Waals surface area contributed by atoms with Gasteiger partial charge in [0.2, 0.25) is 5.82 Å². The van der Waals surface area contributed by atoms with E-state index in [1.165, 1.54) is 18.3 Å². The van der Waals surface area contributed by atoms with Gasteiger partial charge in [-0.1, -0.05) is 12.1 Å². The number of pyridine rings is 2. The summed E-state index contributed by atoms with van der Waals surface area (Å²) in [6.07, 6.45) is 2.57. The zero-order valence-electron chi connectivity index (χ0n) is 11.3. The molecule has 3 aromatic rings. The Morgan fingerprint density at radius 3 is 1.74 bits per heavy atom. The molecule has 0 fully saturated rings. The monoisotopic (exact) mass is 322 g/mol. The molecule has 0 spiro atoms. The van der Waals surface area contributed by atoms with Crippen LogP contribution in [-0.4, -0.2) is 9.97 Å². The van der Waals surface area contributed by atoms with Gasteiger partial charge in [-0.05, 0) is 18.2 Å². The van der Waals surface area contributed by atoms with Crippen LogP contribution in [0.2, 0.25) is 0 Å². The van der Waals surface area contributed by atoms with Crippen molar-refractivity contribution in [3.8, 4) is 22.5 Å². The van der Waals surface area contributed by atoms with Crippen molar-refractivity contribution >= 4 is 0 Å². The molecule has 0 aliphatic rings. The van der Waals surface area contributed by atoms with Crippen molar-refractivity contribution in [3.63, 3.8) is 0 Å². The fourth-order valence-corrected chi connectivity index (χ4v) is 2.07. The summed E-state index contributed by atoms with van der Waals surface area (Å²) in [6.45, 7) is 0. The lowest BCUT2D eigenvalue weighted by atomic mass is 10.0. The van der Waals surface area contributed by atoms with E-state index in [1.54, 1.807) is 18.2 Å². The van der Waals surface area contributed by atoms with Gasteiger partial charge in [-0.3, -0.25) is 9.97 Å². The first kappa shape index (κ1) is 15.1. The maximum Gasteiger partial charge on any atom is 0.200 e. The Balaban J connectivity index is 2.11. The summed E-state index contributed by atoms with van der Waals surface area (Å²) in [6, 6.07) is 7.69. The normalized spacial score (nSPS) is 10.8. The Kier molecular flexibility index (Phi) is 3.77. The summed E-state index contributed by atoms with van der Waals surface area (Å²) in [5.74, 6) is -9.97. The number of hydrogen-bond acceptors (Lipinski definition) is 2. The van der Waals surface area contributed by atoms with Crippen molar-refractivity contribution in [3.05, 3.63) is 71.8 Å². The van der Waals surface area contributed by atoms with E-state index >= 15 is 0 Å². The molecule has 0 aliphatic heterocycles. The first-order valence-electron chi connectivity index (χ1n) is 6.40. The molecule has 0 amide bonds. The summed E-state index contributed by atoms with van der Waals surface area (Å²) in [7, 11) is 0. The second-order valence-electron chi connectivity index (χ2n) is 4.59. The lowest BCUT2D eigenvalue weighted by Crippen LogP contribution is -2.04. The fourth-order valence-electron chi connectivity index (χ4n) is 2.07. The summed E-state index contributed by atoms with van der Waals surface area (Å²) < 4.78 is 67.0. The maximum absolute atomic E-state index is 13.8. The van der Waals surface area contributed by atoms with E-state index in [9.17, 15) is 22.0 Å². The smallest absolute Gasteiger partial charge is 0.200 e. The van der Waals surface area contributed by atoms with E-state index in [4.69, 9.17) is 0 Å². The van der Waals surface area contributed by atoms with Crippen LogP contribution in [0.15, 0.2) is 42.7 Å². The summed E-state index contributed by atoms with van der Waals surface area (Å²) in [4.78, 5) is 8.00. The van der Waals surface area contributed by atoms with Gasteiger partial charge in [0.15, 0.2) is 23.3 Å². The van der Waals surface area contributed by atoms with Crippen molar-refractivity contribution in [2.75, 3.05) is 0 Å². The molecule has 0 radical (unpaired) electrons. The molecular formula is C16H7F5N2. The minimum atomic E-state index is -2.19. The highest BCUT2D eigenvalue weighted by Gasteiger charge is 2.26. The minimum absolute atomic E-state index is 0.225. The van der Waals surface area contributed by atoms with E-state index in [0.717, 1.165) is 6.20 Å². The van der Waals surface area contributed by atoms with E-state index in [1.807, 2.05) is 0 Å². The van der Waals surface area contributed by atoms with Crippen molar-refractivity contribution in [1.29, 1.82) is 0 Å². The van der Waals surface area contributed by atoms with Crippen LogP contribution in [-0.2, 0) is 0 Å². The zero-order chi connectivity index (χ0) is 16.6. The van der Waals surface area contributed by atoms with Gasteiger partial charge in [-0.15, -0.1) is 0 Å². The quantitative estimate of drug-likeness (QED) is 0.394. The largest absolute Gasteiger partial charge is 0.255 e. The van der Waals surface area contributed by atoms with Crippen LogP contribution in [0.1, 0.15) is 0 Å². The highest BCUT2D eigenvalue weighted by Crippen LogP contribution is 2.31. The molecule has 1 aromatic carbocycles. The van der Waals surface area contributed by atoms with Gasteiger partial charge in [0, 0.05) is 18.0 Å². The molecule has 2 aromatic heterocycles. The average molecular weight is 322 g/mol. The number of nitrogens with zero attached hydrogens (tertiary/aromatic N) is 2. The highest BCUT2D eigenvalue weighted by molar-refractivity contribution is 5.67. The maximum atomic E-state index is 13.8. The van der Waals surface area contributed by atoms with Crippen molar-refractivity contribution in [2.24, 2.45) is 0 Å². The third-order valence-corrected chi connectivity index (χ3v) is 3.19. The van der Waals surface area contributed by atoms with Gasteiger partial charge in [0.25, 0.3) is 0 Å². The average Bonchev–Trinajstić information content (AvgIpc) is 2.60. The SMILES string of the molecule is Fc1c(F)c(F)c(-c2ccc(-c3ccccn3)nc2)c(F)c1F. The summed E-state index contributed by atoms with van der Waals surface area (Å²) in [5, 5.41) is 0. The van der Waals surface area contributed by atoms with Crippen LogP contribution in [0.3, 0.4) is 0 Å². The fraction of sp³-hybridized carbons (Fsp3) is 0. The third-order valence-electron chi connectivity index (χ3n) is 3.19. The third kappa shape index (κ3) is 2.54. The number of hydrogen-bond donors (Lipinski definition) is 0. The first-order valence-corrected chi connectivity index (χ1v) is 6.40. The van der Waals surface area contributed by atoms with Crippen LogP contribution in [0.25, 0.3) is 22.5 Å². The topological polar surface area (TPSA) is 25.8 Å². The summed E-state index contributed by atoms with van der Waals surface area (Å²) >= 11 is 0. The van der Waals surface area contributed by atoms with E-state index < -0.39 is 34.6 Å². The zero-order valence-corrected chi connectivity index (χ0v) is 11.3. The Morgan fingerprint density at radius 1 is 0.609 bits per heavy atom. The molecule has 0 saturated carbocycles. The van der Waals surface area contributed by atoms with Crippen LogP contribution < -0.4 is 0 Å². The second kappa shape index (κ2) is 5.75. The molecule has 0 aliphatic carbocycles. The first-order chi connectivity index (χ1) is 11.0. The molecule has 3 rings (SSSR count). The predicted molar refractivity (Wildman–Crippen MR) is 72.7 cm³/mol. The molecule has 116 valence electrons. The Morgan fingerprint density at radius 2 is 1.22 bits per heavy atom. The van der Waals surface area contributed by atoms with Gasteiger partial charge in [0.1, 0.15) is 0 Å².